The fourth-order valence-corrected chi connectivity index (χ4v) is 1.40. The molecule has 16 heavy (non-hydrogen) atoms. The molecule has 88 valence electrons. The van der Waals surface area contributed by atoms with E-state index < -0.39 is 0 Å². The van der Waals surface area contributed by atoms with E-state index in [-0.39, 0.29) is 5.41 Å². The Morgan fingerprint density at radius 3 is 2.62 bits per heavy atom. The highest BCUT2D eigenvalue weighted by atomic mass is 79.9. The Morgan fingerprint density at radius 1 is 1.31 bits per heavy atom. The van der Waals surface area contributed by atoms with E-state index in [4.69, 9.17) is 4.74 Å². The maximum absolute atomic E-state index is 5.86. The fraction of sp³-hybridized carbons (Fsp3) is 0.429. The molecule has 1 rings (SSSR count). The van der Waals surface area contributed by atoms with Gasteiger partial charge in [0.15, 0.2) is 0 Å². The molecule has 0 saturated carbocycles. The van der Waals surface area contributed by atoms with E-state index in [1.54, 1.807) is 0 Å². The highest BCUT2D eigenvalue weighted by Crippen LogP contribution is 2.24. The number of hydrogen-bond donors (Lipinski definition) is 0. The third-order valence-electron chi connectivity index (χ3n) is 2.25. The summed E-state index contributed by atoms with van der Waals surface area (Å²) in [5, 5.41) is 0.936. The average Bonchev–Trinajstić information content (AvgIpc) is 2.28. The van der Waals surface area contributed by atoms with Crippen molar-refractivity contribution in [2.75, 3.05) is 11.9 Å². The number of hydrogen-bond acceptors (Lipinski definition) is 1. The minimum Gasteiger partial charge on any atom is -0.492 e. The number of rotatable bonds is 5. The Bertz CT molecular complexity index is 356. The number of alkyl halides is 1. The maximum Gasteiger partial charge on any atom is 0.126 e. The Kier molecular flexibility index (Phi) is 5.07. The zero-order valence-corrected chi connectivity index (χ0v) is 11.8. The molecule has 1 aromatic carbocycles. The first-order valence-electron chi connectivity index (χ1n) is 5.49. The van der Waals surface area contributed by atoms with Gasteiger partial charge in [0.25, 0.3) is 0 Å². The molecule has 0 radical (unpaired) electrons. The summed E-state index contributed by atoms with van der Waals surface area (Å²) in [6.07, 6.45) is 4.09. The van der Waals surface area contributed by atoms with Gasteiger partial charge in [-0.1, -0.05) is 60.1 Å². The van der Waals surface area contributed by atoms with Crippen molar-refractivity contribution in [2.24, 2.45) is 5.41 Å². The predicted octanol–water partition coefficient (Wildman–Crippen LogP) is 4.52. The van der Waals surface area contributed by atoms with Gasteiger partial charge in [-0.2, -0.15) is 0 Å². The van der Waals surface area contributed by atoms with Crippen molar-refractivity contribution in [2.45, 2.75) is 20.8 Å². The number of benzene rings is 1. The van der Waals surface area contributed by atoms with E-state index in [0.717, 1.165) is 16.6 Å². The van der Waals surface area contributed by atoms with Gasteiger partial charge in [-0.3, -0.25) is 0 Å². The SMILES string of the molecule is CC=Cc1ccccc1OCC(C)(C)CBr. The van der Waals surface area contributed by atoms with Crippen LogP contribution in [0.25, 0.3) is 6.08 Å². The molecule has 0 aromatic heterocycles. The van der Waals surface area contributed by atoms with Gasteiger partial charge in [0.1, 0.15) is 5.75 Å². The third kappa shape index (κ3) is 4.01. The quantitative estimate of drug-likeness (QED) is 0.722. The second-order valence-corrected chi connectivity index (χ2v) is 5.19. The van der Waals surface area contributed by atoms with Gasteiger partial charge in [-0.05, 0) is 13.0 Å². The minimum atomic E-state index is 0.156. The summed E-state index contributed by atoms with van der Waals surface area (Å²) < 4.78 is 5.86. The molecule has 0 N–H and O–H groups in total. The lowest BCUT2D eigenvalue weighted by Gasteiger charge is -2.22. The van der Waals surface area contributed by atoms with Gasteiger partial charge >= 0.3 is 0 Å². The molecule has 0 spiro atoms. The lowest BCUT2D eigenvalue weighted by Crippen LogP contribution is -2.23. The van der Waals surface area contributed by atoms with Gasteiger partial charge < -0.3 is 4.74 Å². The first-order valence-corrected chi connectivity index (χ1v) is 6.62. The van der Waals surface area contributed by atoms with Crippen molar-refractivity contribution in [3.05, 3.63) is 35.9 Å². The second kappa shape index (κ2) is 6.09. The van der Waals surface area contributed by atoms with E-state index in [0.29, 0.717) is 6.61 Å². The van der Waals surface area contributed by atoms with Crippen LogP contribution in [0, 0.1) is 5.41 Å². The molecule has 0 amide bonds. The molecule has 1 nitrogen and oxygen atoms in total. The van der Waals surface area contributed by atoms with Gasteiger partial charge in [-0.15, -0.1) is 0 Å². The molecule has 0 saturated heterocycles. The number of allylic oxidation sites excluding steroid dienone is 1. The molecule has 0 fully saturated rings. The molecule has 0 heterocycles. The molecule has 1 aromatic rings. The van der Waals surface area contributed by atoms with Gasteiger partial charge in [0.2, 0.25) is 0 Å². The van der Waals surface area contributed by atoms with E-state index in [9.17, 15) is 0 Å². The summed E-state index contributed by atoms with van der Waals surface area (Å²) in [4.78, 5) is 0. The maximum atomic E-state index is 5.86. The standard InChI is InChI=1S/C14H19BrO/c1-4-7-12-8-5-6-9-13(12)16-11-14(2,3)10-15/h4-9H,10-11H2,1-3H3. The van der Waals surface area contributed by atoms with Crippen LogP contribution < -0.4 is 4.74 Å². The molecule has 0 bridgehead atoms. The molecule has 0 aliphatic heterocycles. The van der Waals surface area contributed by atoms with Crippen LogP contribution in [-0.2, 0) is 0 Å². The Hall–Kier alpha value is -0.760. The molecule has 0 unspecified atom stereocenters. The molecular weight excluding hydrogens is 264 g/mol. The smallest absolute Gasteiger partial charge is 0.126 e. The highest BCUT2D eigenvalue weighted by molar-refractivity contribution is 9.09. The van der Waals surface area contributed by atoms with Crippen molar-refractivity contribution in [1.82, 2.24) is 0 Å². The summed E-state index contributed by atoms with van der Waals surface area (Å²) in [6, 6.07) is 8.11. The van der Waals surface area contributed by atoms with Crippen molar-refractivity contribution in [3.8, 4) is 5.75 Å². The van der Waals surface area contributed by atoms with Crippen LogP contribution in [0.5, 0.6) is 5.75 Å². The lowest BCUT2D eigenvalue weighted by atomic mass is 9.98. The monoisotopic (exact) mass is 282 g/mol. The second-order valence-electron chi connectivity index (χ2n) is 4.62. The van der Waals surface area contributed by atoms with E-state index >= 15 is 0 Å². The molecule has 0 aliphatic carbocycles. The fourth-order valence-electron chi connectivity index (χ4n) is 1.24. The summed E-state index contributed by atoms with van der Waals surface area (Å²) in [6.45, 7) is 7.09. The van der Waals surface area contributed by atoms with E-state index in [1.165, 1.54) is 0 Å². The van der Waals surface area contributed by atoms with Crippen molar-refractivity contribution in [3.63, 3.8) is 0 Å². The normalized spacial score (nSPS) is 12.0. The van der Waals surface area contributed by atoms with Crippen LogP contribution in [0.15, 0.2) is 30.3 Å². The summed E-state index contributed by atoms with van der Waals surface area (Å²) in [5.74, 6) is 0.953. The summed E-state index contributed by atoms with van der Waals surface area (Å²) in [7, 11) is 0. The number of para-hydroxylation sites is 1. The minimum absolute atomic E-state index is 0.156. The van der Waals surface area contributed by atoms with Crippen LogP contribution in [0.3, 0.4) is 0 Å². The average molecular weight is 283 g/mol. The van der Waals surface area contributed by atoms with Crippen LogP contribution in [0.1, 0.15) is 26.3 Å². The lowest BCUT2D eigenvalue weighted by molar-refractivity contribution is 0.203. The van der Waals surface area contributed by atoms with Crippen LogP contribution in [0.2, 0.25) is 0 Å². The van der Waals surface area contributed by atoms with Gasteiger partial charge in [-0.25, -0.2) is 0 Å². The Balaban J connectivity index is 2.73. The van der Waals surface area contributed by atoms with Gasteiger partial charge in [0, 0.05) is 16.3 Å². The highest BCUT2D eigenvalue weighted by Gasteiger charge is 2.17. The Labute approximate surface area is 107 Å². The summed E-state index contributed by atoms with van der Waals surface area (Å²) >= 11 is 3.50. The predicted molar refractivity (Wildman–Crippen MR) is 74.2 cm³/mol. The molecular formula is C14H19BrO. The van der Waals surface area contributed by atoms with Crippen LogP contribution in [-0.4, -0.2) is 11.9 Å². The topological polar surface area (TPSA) is 9.23 Å². The Morgan fingerprint density at radius 2 is 2.00 bits per heavy atom. The molecule has 0 aliphatic rings. The van der Waals surface area contributed by atoms with Crippen molar-refractivity contribution in [1.29, 1.82) is 0 Å². The zero-order valence-electron chi connectivity index (χ0n) is 10.2. The first-order chi connectivity index (χ1) is 7.59. The zero-order chi connectivity index (χ0) is 12.0. The van der Waals surface area contributed by atoms with Crippen molar-refractivity contribution < 1.29 is 4.74 Å². The van der Waals surface area contributed by atoms with Crippen molar-refractivity contribution >= 4 is 22.0 Å². The summed E-state index contributed by atoms with van der Waals surface area (Å²) in [5.41, 5.74) is 1.29. The number of ether oxygens (including phenoxy) is 1. The van der Waals surface area contributed by atoms with E-state index in [2.05, 4.69) is 41.9 Å². The molecule has 0 atom stereocenters. The first kappa shape index (κ1) is 13.3. The van der Waals surface area contributed by atoms with Crippen LogP contribution >= 0.6 is 15.9 Å². The van der Waals surface area contributed by atoms with E-state index in [1.807, 2.05) is 31.2 Å². The third-order valence-corrected chi connectivity index (χ3v) is 3.76. The number of halogens is 1. The van der Waals surface area contributed by atoms with Gasteiger partial charge in [0.05, 0.1) is 6.61 Å². The molecule has 2 heteroatoms. The van der Waals surface area contributed by atoms with Crippen LogP contribution in [0.4, 0.5) is 0 Å². The largest absolute Gasteiger partial charge is 0.492 e.